The van der Waals surface area contributed by atoms with Gasteiger partial charge in [-0.15, -0.1) is 11.3 Å². The molecule has 0 aliphatic rings. The first kappa shape index (κ1) is 14.6. The number of benzene rings is 1. The van der Waals surface area contributed by atoms with Gasteiger partial charge >= 0.3 is 5.97 Å². The number of hydrogen-bond donors (Lipinski definition) is 1. The first-order valence-electron chi connectivity index (χ1n) is 6.62. The molecule has 1 aromatic carbocycles. The van der Waals surface area contributed by atoms with E-state index in [-0.39, 0.29) is 0 Å². The Morgan fingerprint density at radius 1 is 1.35 bits per heavy atom. The van der Waals surface area contributed by atoms with Crippen molar-refractivity contribution < 1.29 is 9.90 Å². The van der Waals surface area contributed by atoms with Gasteiger partial charge in [0.1, 0.15) is 0 Å². The van der Waals surface area contributed by atoms with Gasteiger partial charge in [0.25, 0.3) is 0 Å². The van der Waals surface area contributed by atoms with Crippen molar-refractivity contribution in [2.45, 2.75) is 33.4 Å². The Kier molecular flexibility index (Phi) is 4.45. The first-order valence-corrected chi connectivity index (χ1v) is 7.50. The molecule has 0 aliphatic heterocycles. The Morgan fingerprint density at radius 3 is 2.60 bits per heavy atom. The highest BCUT2D eigenvalue weighted by Crippen LogP contribution is 2.24. The molecule has 0 fully saturated rings. The average Bonchev–Trinajstić information content (AvgIpc) is 2.87. The van der Waals surface area contributed by atoms with Crippen LogP contribution in [-0.4, -0.2) is 17.1 Å². The van der Waals surface area contributed by atoms with Gasteiger partial charge in [-0.25, -0.2) is 4.79 Å². The minimum Gasteiger partial charge on any atom is -0.478 e. The van der Waals surface area contributed by atoms with Gasteiger partial charge in [0.15, 0.2) is 0 Å². The molecule has 0 unspecified atom stereocenters. The zero-order chi connectivity index (χ0) is 14.7. The lowest BCUT2D eigenvalue weighted by Crippen LogP contribution is -2.29. The fourth-order valence-corrected chi connectivity index (χ4v) is 2.91. The van der Waals surface area contributed by atoms with Crippen molar-refractivity contribution in [3.8, 4) is 0 Å². The second kappa shape index (κ2) is 6.09. The fourth-order valence-electron chi connectivity index (χ4n) is 2.21. The summed E-state index contributed by atoms with van der Waals surface area (Å²) in [6.07, 6.45) is 0. The number of aryl methyl sites for hydroxylation is 1. The van der Waals surface area contributed by atoms with Crippen molar-refractivity contribution in [1.29, 1.82) is 0 Å². The molecule has 20 heavy (non-hydrogen) atoms. The SMILES string of the molecule is Cc1cc(N(Cc2cccs2)C(C)C)ccc1C(=O)O. The summed E-state index contributed by atoms with van der Waals surface area (Å²) in [4.78, 5) is 14.7. The maximum absolute atomic E-state index is 11.1. The molecule has 1 heterocycles. The molecule has 0 saturated carbocycles. The summed E-state index contributed by atoms with van der Waals surface area (Å²) in [5.74, 6) is -0.872. The van der Waals surface area contributed by atoms with E-state index in [4.69, 9.17) is 5.11 Å². The Labute approximate surface area is 123 Å². The molecule has 0 atom stereocenters. The minimum atomic E-state index is -0.872. The van der Waals surface area contributed by atoms with Crippen LogP contribution in [0.15, 0.2) is 35.7 Å². The number of carboxylic acids is 1. The number of carboxylic acid groups (broad SMARTS) is 1. The second-order valence-electron chi connectivity index (χ2n) is 5.11. The monoisotopic (exact) mass is 289 g/mol. The average molecular weight is 289 g/mol. The van der Waals surface area contributed by atoms with Gasteiger partial charge in [-0.05, 0) is 56.0 Å². The molecule has 106 valence electrons. The summed E-state index contributed by atoms with van der Waals surface area (Å²) in [7, 11) is 0. The Hall–Kier alpha value is -1.81. The zero-order valence-electron chi connectivity index (χ0n) is 12.0. The number of thiophene rings is 1. The third-order valence-electron chi connectivity index (χ3n) is 3.30. The lowest BCUT2D eigenvalue weighted by Gasteiger charge is -2.29. The van der Waals surface area contributed by atoms with Crippen molar-refractivity contribution in [3.63, 3.8) is 0 Å². The van der Waals surface area contributed by atoms with Crippen LogP contribution in [0.5, 0.6) is 0 Å². The number of carbonyl (C=O) groups is 1. The summed E-state index contributed by atoms with van der Waals surface area (Å²) >= 11 is 1.74. The minimum absolute atomic E-state index is 0.354. The molecule has 0 saturated heterocycles. The van der Waals surface area contributed by atoms with E-state index < -0.39 is 5.97 Å². The smallest absolute Gasteiger partial charge is 0.335 e. The van der Waals surface area contributed by atoms with E-state index in [2.05, 4.69) is 36.3 Å². The van der Waals surface area contributed by atoms with Gasteiger partial charge in [-0.3, -0.25) is 0 Å². The Balaban J connectivity index is 2.30. The van der Waals surface area contributed by atoms with E-state index in [1.54, 1.807) is 17.4 Å². The number of hydrogen-bond acceptors (Lipinski definition) is 3. The van der Waals surface area contributed by atoms with Crippen LogP contribution in [-0.2, 0) is 6.54 Å². The lowest BCUT2D eigenvalue weighted by atomic mass is 10.1. The van der Waals surface area contributed by atoms with Gasteiger partial charge in [0, 0.05) is 16.6 Å². The number of rotatable bonds is 5. The lowest BCUT2D eigenvalue weighted by molar-refractivity contribution is 0.0696. The van der Waals surface area contributed by atoms with Gasteiger partial charge in [-0.1, -0.05) is 6.07 Å². The van der Waals surface area contributed by atoms with Crippen molar-refractivity contribution >= 4 is 23.0 Å². The van der Waals surface area contributed by atoms with Crippen LogP contribution in [0.3, 0.4) is 0 Å². The van der Waals surface area contributed by atoms with Gasteiger partial charge in [0.05, 0.1) is 12.1 Å². The maximum atomic E-state index is 11.1. The van der Waals surface area contributed by atoms with E-state index in [0.717, 1.165) is 17.8 Å². The zero-order valence-corrected chi connectivity index (χ0v) is 12.8. The molecule has 1 N–H and O–H groups in total. The topological polar surface area (TPSA) is 40.5 Å². The standard InChI is InChI=1S/C16H19NO2S/c1-11(2)17(10-14-5-4-8-20-14)13-6-7-15(16(18)19)12(3)9-13/h4-9,11H,10H2,1-3H3,(H,18,19). The highest BCUT2D eigenvalue weighted by Gasteiger charge is 2.14. The van der Waals surface area contributed by atoms with Crippen LogP contribution in [0.2, 0.25) is 0 Å². The predicted molar refractivity (Wildman–Crippen MR) is 83.8 cm³/mol. The molecule has 3 nitrogen and oxygen atoms in total. The van der Waals surface area contributed by atoms with Crippen molar-refractivity contribution in [2.75, 3.05) is 4.90 Å². The number of aromatic carboxylic acids is 1. The van der Waals surface area contributed by atoms with E-state index in [1.165, 1.54) is 4.88 Å². The Morgan fingerprint density at radius 2 is 2.10 bits per heavy atom. The largest absolute Gasteiger partial charge is 0.478 e. The first-order chi connectivity index (χ1) is 9.49. The summed E-state index contributed by atoms with van der Waals surface area (Å²) < 4.78 is 0. The van der Waals surface area contributed by atoms with Gasteiger partial charge in [-0.2, -0.15) is 0 Å². The summed E-state index contributed by atoms with van der Waals surface area (Å²) in [5, 5.41) is 11.2. The highest BCUT2D eigenvalue weighted by atomic mass is 32.1. The van der Waals surface area contributed by atoms with Crippen molar-refractivity contribution in [3.05, 3.63) is 51.7 Å². The van der Waals surface area contributed by atoms with Crippen LogP contribution in [0.25, 0.3) is 0 Å². The van der Waals surface area contributed by atoms with Gasteiger partial charge in [0.2, 0.25) is 0 Å². The summed E-state index contributed by atoms with van der Waals surface area (Å²) in [6, 6.07) is 10.1. The number of nitrogens with zero attached hydrogens (tertiary/aromatic N) is 1. The van der Waals surface area contributed by atoms with Crippen LogP contribution in [0.4, 0.5) is 5.69 Å². The normalized spacial score (nSPS) is 10.8. The summed E-state index contributed by atoms with van der Waals surface area (Å²) in [6.45, 7) is 6.99. The van der Waals surface area contributed by atoms with E-state index in [9.17, 15) is 4.79 Å². The fraction of sp³-hybridized carbons (Fsp3) is 0.312. The number of anilines is 1. The molecule has 1 aromatic heterocycles. The molecule has 0 amide bonds. The second-order valence-corrected chi connectivity index (χ2v) is 6.14. The Bertz CT molecular complexity index is 591. The molecular formula is C16H19NO2S. The highest BCUT2D eigenvalue weighted by molar-refractivity contribution is 7.09. The molecule has 0 spiro atoms. The molecule has 0 aliphatic carbocycles. The van der Waals surface area contributed by atoms with Crippen molar-refractivity contribution in [1.82, 2.24) is 0 Å². The molecule has 2 aromatic rings. The van der Waals surface area contributed by atoms with Crippen molar-refractivity contribution in [2.24, 2.45) is 0 Å². The van der Waals surface area contributed by atoms with E-state index >= 15 is 0 Å². The molecule has 0 radical (unpaired) electrons. The quantitative estimate of drug-likeness (QED) is 0.898. The third kappa shape index (κ3) is 3.20. The van der Waals surface area contributed by atoms with Crippen LogP contribution < -0.4 is 4.90 Å². The third-order valence-corrected chi connectivity index (χ3v) is 4.16. The molecule has 0 bridgehead atoms. The van der Waals surface area contributed by atoms with Gasteiger partial charge < -0.3 is 10.0 Å². The van der Waals surface area contributed by atoms with Crippen LogP contribution >= 0.6 is 11.3 Å². The molecule has 2 rings (SSSR count). The van der Waals surface area contributed by atoms with E-state index in [1.807, 2.05) is 19.1 Å². The maximum Gasteiger partial charge on any atom is 0.335 e. The molecular weight excluding hydrogens is 270 g/mol. The molecule has 4 heteroatoms. The van der Waals surface area contributed by atoms with Crippen LogP contribution in [0.1, 0.15) is 34.6 Å². The van der Waals surface area contributed by atoms with E-state index in [0.29, 0.717) is 11.6 Å². The predicted octanol–water partition coefficient (Wildman–Crippen LogP) is 4.17. The summed E-state index contributed by atoms with van der Waals surface area (Å²) in [5.41, 5.74) is 2.23. The van der Waals surface area contributed by atoms with Crippen LogP contribution in [0, 0.1) is 6.92 Å².